The van der Waals surface area contributed by atoms with Crippen LogP contribution in [-0.4, -0.2) is 43.0 Å². The van der Waals surface area contributed by atoms with Gasteiger partial charge in [0.1, 0.15) is 11.1 Å². The van der Waals surface area contributed by atoms with Crippen LogP contribution in [0.2, 0.25) is 0 Å². The van der Waals surface area contributed by atoms with Crippen LogP contribution in [0.15, 0.2) is 5.38 Å². The molecule has 6 heteroatoms. The lowest BCUT2D eigenvalue weighted by atomic mass is 10.1. The molecule has 1 aromatic heterocycles. The number of hydrogen-bond acceptors (Lipinski definition) is 5. The van der Waals surface area contributed by atoms with Crippen LogP contribution in [-0.2, 0) is 16.1 Å². The molecule has 1 aromatic rings. The van der Waals surface area contributed by atoms with E-state index in [1.807, 2.05) is 40.2 Å². The van der Waals surface area contributed by atoms with Gasteiger partial charge in [-0.05, 0) is 20.9 Å². The van der Waals surface area contributed by atoms with Crippen LogP contribution in [0.5, 0.6) is 0 Å². The van der Waals surface area contributed by atoms with Crippen molar-refractivity contribution in [1.82, 2.24) is 15.2 Å². The number of thiazole rings is 1. The third-order valence-corrected chi connectivity index (χ3v) is 4.10. The minimum Gasteiger partial charge on any atom is -0.372 e. The Bertz CT molecular complexity index is 422. The van der Waals surface area contributed by atoms with Crippen molar-refractivity contribution in [3.05, 3.63) is 16.1 Å². The number of ether oxygens (including phenoxy) is 1. The summed E-state index contributed by atoms with van der Waals surface area (Å²) in [5.74, 6) is 0.109. The largest absolute Gasteiger partial charge is 0.372 e. The topological polar surface area (TPSA) is 54.5 Å². The van der Waals surface area contributed by atoms with E-state index < -0.39 is 0 Å². The van der Waals surface area contributed by atoms with E-state index in [0.29, 0.717) is 19.7 Å². The second kappa shape index (κ2) is 8.34. The van der Waals surface area contributed by atoms with E-state index in [1.165, 1.54) is 0 Å². The standard InChI is InChI=1S/C14H25N3O2S/c1-6-19-11(3)13-16-12(9-20-13)8-17(5)14(18)10(2)7-15-4/h9-11,15H,6-8H2,1-5H3. The number of nitrogens with one attached hydrogen (secondary N) is 1. The van der Waals surface area contributed by atoms with Crippen LogP contribution in [0.25, 0.3) is 0 Å². The second-order valence-corrected chi connectivity index (χ2v) is 5.82. The molecule has 0 radical (unpaired) electrons. The van der Waals surface area contributed by atoms with Crippen LogP contribution < -0.4 is 5.32 Å². The molecule has 0 saturated carbocycles. The molecule has 2 unspecified atom stereocenters. The van der Waals surface area contributed by atoms with Crippen molar-refractivity contribution in [3.8, 4) is 0 Å². The van der Waals surface area contributed by atoms with E-state index in [2.05, 4.69) is 10.3 Å². The molecule has 1 N–H and O–H groups in total. The SMILES string of the molecule is CCOC(C)c1nc(CN(C)C(=O)C(C)CNC)cs1. The Labute approximate surface area is 125 Å². The van der Waals surface area contributed by atoms with Crippen LogP contribution in [0, 0.1) is 5.92 Å². The Balaban J connectivity index is 2.58. The maximum Gasteiger partial charge on any atom is 0.226 e. The van der Waals surface area contributed by atoms with Crippen molar-refractivity contribution in [1.29, 1.82) is 0 Å². The van der Waals surface area contributed by atoms with Crippen LogP contribution in [0.3, 0.4) is 0 Å². The van der Waals surface area contributed by atoms with Gasteiger partial charge in [-0.2, -0.15) is 0 Å². The molecular formula is C14H25N3O2S. The van der Waals surface area contributed by atoms with Gasteiger partial charge in [-0.3, -0.25) is 4.79 Å². The molecule has 5 nitrogen and oxygen atoms in total. The Morgan fingerprint density at radius 3 is 2.85 bits per heavy atom. The average molecular weight is 299 g/mol. The molecule has 0 saturated heterocycles. The van der Waals surface area contributed by atoms with Gasteiger partial charge in [0, 0.05) is 31.5 Å². The summed E-state index contributed by atoms with van der Waals surface area (Å²) < 4.78 is 5.52. The first-order valence-electron chi connectivity index (χ1n) is 6.95. The van der Waals surface area contributed by atoms with E-state index in [4.69, 9.17) is 4.74 Å². The number of rotatable bonds is 8. The lowest BCUT2D eigenvalue weighted by Crippen LogP contribution is -2.35. The quantitative estimate of drug-likeness (QED) is 0.798. The van der Waals surface area contributed by atoms with Gasteiger partial charge in [-0.15, -0.1) is 11.3 Å². The molecule has 0 aliphatic heterocycles. The van der Waals surface area contributed by atoms with Gasteiger partial charge in [0.25, 0.3) is 0 Å². The number of nitrogens with zero attached hydrogens (tertiary/aromatic N) is 2. The van der Waals surface area contributed by atoms with E-state index in [-0.39, 0.29) is 17.9 Å². The van der Waals surface area contributed by atoms with Gasteiger partial charge >= 0.3 is 0 Å². The lowest BCUT2D eigenvalue weighted by molar-refractivity contribution is -0.134. The second-order valence-electron chi connectivity index (χ2n) is 4.93. The van der Waals surface area contributed by atoms with Crippen molar-refractivity contribution in [2.24, 2.45) is 5.92 Å². The molecule has 1 rings (SSSR count). The van der Waals surface area contributed by atoms with Gasteiger partial charge in [0.05, 0.1) is 12.2 Å². The third kappa shape index (κ3) is 4.85. The van der Waals surface area contributed by atoms with E-state index >= 15 is 0 Å². The summed E-state index contributed by atoms with van der Waals surface area (Å²) in [6.07, 6.45) is 0.0166. The Morgan fingerprint density at radius 2 is 2.25 bits per heavy atom. The van der Waals surface area contributed by atoms with Gasteiger partial charge in [-0.25, -0.2) is 4.98 Å². The molecule has 114 valence electrons. The van der Waals surface area contributed by atoms with E-state index in [0.717, 1.165) is 10.7 Å². The fourth-order valence-electron chi connectivity index (χ4n) is 1.99. The van der Waals surface area contributed by atoms with Gasteiger partial charge in [0.15, 0.2) is 0 Å². The summed E-state index contributed by atoms with van der Waals surface area (Å²) in [6, 6.07) is 0. The Kier molecular flexibility index (Phi) is 7.12. The maximum atomic E-state index is 12.1. The van der Waals surface area contributed by atoms with Crippen LogP contribution >= 0.6 is 11.3 Å². The average Bonchev–Trinajstić information content (AvgIpc) is 2.87. The van der Waals surface area contributed by atoms with Crippen LogP contribution in [0.4, 0.5) is 0 Å². The fraction of sp³-hybridized carbons (Fsp3) is 0.714. The molecule has 20 heavy (non-hydrogen) atoms. The molecule has 1 amide bonds. The molecule has 1 heterocycles. The highest BCUT2D eigenvalue weighted by Gasteiger charge is 2.18. The number of hydrogen-bond donors (Lipinski definition) is 1. The van der Waals surface area contributed by atoms with Gasteiger partial charge in [0.2, 0.25) is 5.91 Å². The van der Waals surface area contributed by atoms with Gasteiger partial charge in [-0.1, -0.05) is 6.92 Å². The summed E-state index contributed by atoms with van der Waals surface area (Å²) in [5.41, 5.74) is 0.920. The first-order valence-corrected chi connectivity index (χ1v) is 7.83. The highest BCUT2D eigenvalue weighted by molar-refractivity contribution is 7.09. The zero-order valence-corrected chi connectivity index (χ0v) is 13.8. The monoisotopic (exact) mass is 299 g/mol. The normalized spacial score (nSPS) is 14.1. The van der Waals surface area contributed by atoms with Crippen molar-refractivity contribution in [2.45, 2.75) is 33.4 Å². The number of carbonyl (C=O) groups is 1. The third-order valence-electron chi connectivity index (χ3n) is 3.04. The lowest BCUT2D eigenvalue weighted by Gasteiger charge is -2.20. The summed E-state index contributed by atoms with van der Waals surface area (Å²) in [5, 5.41) is 5.98. The molecular weight excluding hydrogens is 274 g/mol. The zero-order chi connectivity index (χ0) is 15.1. The maximum absolute atomic E-state index is 12.1. The molecule has 0 bridgehead atoms. The van der Waals surface area contributed by atoms with Crippen molar-refractivity contribution in [2.75, 3.05) is 27.2 Å². The van der Waals surface area contributed by atoms with Gasteiger partial charge < -0.3 is 15.0 Å². The first kappa shape index (κ1) is 17.1. The summed E-state index contributed by atoms with van der Waals surface area (Å²) >= 11 is 1.58. The number of aromatic nitrogens is 1. The van der Waals surface area contributed by atoms with Crippen LogP contribution in [0.1, 0.15) is 37.6 Å². The fourth-order valence-corrected chi connectivity index (χ4v) is 2.81. The smallest absolute Gasteiger partial charge is 0.226 e. The molecule has 0 aliphatic rings. The molecule has 2 atom stereocenters. The van der Waals surface area contributed by atoms with E-state index in [9.17, 15) is 4.79 Å². The van der Waals surface area contributed by atoms with Crippen molar-refractivity contribution in [3.63, 3.8) is 0 Å². The molecule has 0 aromatic carbocycles. The zero-order valence-electron chi connectivity index (χ0n) is 13.0. The molecule has 0 aliphatic carbocycles. The molecule has 0 fully saturated rings. The molecule has 0 spiro atoms. The van der Waals surface area contributed by atoms with E-state index in [1.54, 1.807) is 16.2 Å². The predicted octanol–water partition coefficient (Wildman–Crippen LogP) is 2.05. The van der Waals surface area contributed by atoms with Crippen molar-refractivity contribution >= 4 is 17.2 Å². The summed E-state index contributed by atoms with van der Waals surface area (Å²) in [6.45, 7) is 7.81. The van der Waals surface area contributed by atoms with Crippen molar-refractivity contribution < 1.29 is 9.53 Å². The Morgan fingerprint density at radius 1 is 1.55 bits per heavy atom. The highest BCUT2D eigenvalue weighted by atomic mass is 32.1. The minimum absolute atomic E-state index is 0.0166. The Hall–Kier alpha value is -0.980. The predicted molar refractivity (Wildman–Crippen MR) is 81.7 cm³/mol. The first-order chi connectivity index (χ1) is 9.49. The minimum atomic E-state index is -0.0227. The number of amides is 1. The summed E-state index contributed by atoms with van der Waals surface area (Å²) in [4.78, 5) is 18.4. The summed E-state index contributed by atoms with van der Waals surface area (Å²) in [7, 11) is 3.67. The highest BCUT2D eigenvalue weighted by Crippen LogP contribution is 2.21. The number of carbonyl (C=O) groups excluding carboxylic acids is 1.